The molecule has 2 heteroatoms. The summed E-state index contributed by atoms with van der Waals surface area (Å²) in [6, 6.07) is 6.39. The van der Waals surface area contributed by atoms with Gasteiger partial charge in [-0.2, -0.15) is 0 Å². The topological polar surface area (TPSA) is 35.2 Å². The molecule has 0 bridgehead atoms. The van der Waals surface area contributed by atoms with Gasteiger partial charge in [0.1, 0.15) is 0 Å². The molecule has 0 radical (unpaired) electrons. The number of rotatable bonds is 6. The number of hydrogen-bond donors (Lipinski definition) is 1. The minimum absolute atomic E-state index is 0.0120. The molecule has 0 amide bonds. The Morgan fingerprint density at radius 3 is 2.59 bits per heavy atom. The van der Waals surface area contributed by atoms with Crippen molar-refractivity contribution in [1.29, 1.82) is 0 Å². The monoisotopic (exact) mass is 235 g/mol. The van der Waals surface area contributed by atoms with Gasteiger partial charge in [0.15, 0.2) is 0 Å². The van der Waals surface area contributed by atoms with Gasteiger partial charge in [-0.1, -0.05) is 37.6 Å². The van der Waals surface area contributed by atoms with Crippen molar-refractivity contribution in [2.24, 2.45) is 11.7 Å². The van der Waals surface area contributed by atoms with E-state index < -0.39 is 0 Å². The second kappa shape index (κ2) is 6.77. The van der Waals surface area contributed by atoms with Gasteiger partial charge in [0.05, 0.1) is 12.6 Å². The van der Waals surface area contributed by atoms with Crippen molar-refractivity contribution in [2.75, 3.05) is 13.2 Å². The summed E-state index contributed by atoms with van der Waals surface area (Å²) in [6.45, 7) is 10.0. The predicted octanol–water partition coefficient (Wildman–Crippen LogP) is 3.37. The van der Waals surface area contributed by atoms with E-state index in [4.69, 9.17) is 10.5 Å². The van der Waals surface area contributed by atoms with E-state index in [2.05, 4.69) is 45.9 Å². The van der Waals surface area contributed by atoms with Crippen molar-refractivity contribution in [3.8, 4) is 0 Å². The molecular formula is C15H25NO. The van der Waals surface area contributed by atoms with Crippen molar-refractivity contribution in [1.82, 2.24) is 0 Å². The molecule has 0 aliphatic carbocycles. The molecule has 0 aliphatic rings. The van der Waals surface area contributed by atoms with Crippen molar-refractivity contribution in [3.05, 3.63) is 34.9 Å². The second-order valence-corrected chi connectivity index (χ2v) is 5.22. The van der Waals surface area contributed by atoms with Crippen LogP contribution in [0.5, 0.6) is 0 Å². The molecule has 1 atom stereocenters. The van der Waals surface area contributed by atoms with Crippen LogP contribution in [0.3, 0.4) is 0 Å². The highest BCUT2D eigenvalue weighted by atomic mass is 16.5. The Kier molecular flexibility index (Phi) is 5.66. The van der Waals surface area contributed by atoms with E-state index >= 15 is 0 Å². The maximum atomic E-state index is 6.16. The second-order valence-electron chi connectivity index (χ2n) is 5.22. The summed E-state index contributed by atoms with van der Waals surface area (Å²) in [5.74, 6) is 0.687. The standard InChI is InChI=1S/C15H25NO/c1-11(2)7-8-17-10-15(16)14-9-12(3)5-6-13(14)4/h5-6,9,11,15H,7-8,10,16H2,1-4H3. The molecule has 1 unspecified atom stereocenters. The Morgan fingerprint density at radius 2 is 1.94 bits per heavy atom. The summed E-state index contributed by atoms with van der Waals surface area (Å²) < 4.78 is 5.63. The maximum Gasteiger partial charge on any atom is 0.0659 e. The predicted molar refractivity (Wildman–Crippen MR) is 73.1 cm³/mol. The van der Waals surface area contributed by atoms with Crippen LogP contribution < -0.4 is 5.73 Å². The molecule has 96 valence electrons. The molecule has 2 N–H and O–H groups in total. The first kappa shape index (κ1) is 14.2. The number of aryl methyl sites for hydroxylation is 2. The summed E-state index contributed by atoms with van der Waals surface area (Å²) >= 11 is 0. The first-order valence-corrected chi connectivity index (χ1v) is 6.41. The van der Waals surface area contributed by atoms with Crippen LogP contribution in [0.4, 0.5) is 0 Å². The third kappa shape index (κ3) is 4.88. The van der Waals surface area contributed by atoms with E-state index in [1.807, 2.05) is 0 Å². The lowest BCUT2D eigenvalue weighted by atomic mass is 10.00. The molecule has 1 rings (SSSR count). The molecule has 0 aromatic heterocycles. The largest absolute Gasteiger partial charge is 0.379 e. The van der Waals surface area contributed by atoms with Crippen LogP contribution in [0, 0.1) is 19.8 Å². The molecule has 0 aliphatic heterocycles. The first-order valence-electron chi connectivity index (χ1n) is 6.41. The highest BCUT2D eigenvalue weighted by molar-refractivity contribution is 5.32. The summed E-state index contributed by atoms with van der Waals surface area (Å²) in [6.07, 6.45) is 1.10. The van der Waals surface area contributed by atoms with E-state index in [1.54, 1.807) is 0 Å². The van der Waals surface area contributed by atoms with Gasteiger partial charge in [0, 0.05) is 6.61 Å². The van der Waals surface area contributed by atoms with E-state index in [1.165, 1.54) is 16.7 Å². The smallest absolute Gasteiger partial charge is 0.0659 e. The molecular weight excluding hydrogens is 210 g/mol. The molecule has 1 aromatic rings. The van der Waals surface area contributed by atoms with Crippen molar-refractivity contribution in [2.45, 2.75) is 40.2 Å². The zero-order valence-electron chi connectivity index (χ0n) is 11.5. The molecule has 0 saturated carbocycles. The maximum absolute atomic E-state index is 6.16. The molecule has 0 saturated heterocycles. The minimum atomic E-state index is -0.0120. The van der Waals surface area contributed by atoms with Crippen LogP contribution in [0.25, 0.3) is 0 Å². The Hall–Kier alpha value is -0.860. The van der Waals surface area contributed by atoms with Gasteiger partial charge in [-0.05, 0) is 37.3 Å². The summed E-state index contributed by atoms with van der Waals surface area (Å²) in [5.41, 5.74) is 9.86. The van der Waals surface area contributed by atoms with Gasteiger partial charge in [-0.25, -0.2) is 0 Å². The van der Waals surface area contributed by atoms with Gasteiger partial charge in [-0.15, -0.1) is 0 Å². The lowest BCUT2D eigenvalue weighted by Gasteiger charge is -2.16. The fourth-order valence-corrected chi connectivity index (χ4v) is 1.78. The highest BCUT2D eigenvalue weighted by Crippen LogP contribution is 2.17. The van der Waals surface area contributed by atoms with Gasteiger partial charge in [0.2, 0.25) is 0 Å². The van der Waals surface area contributed by atoms with Gasteiger partial charge >= 0.3 is 0 Å². The number of ether oxygens (including phenoxy) is 1. The lowest BCUT2D eigenvalue weighted by molar-refractivity contribution is 0.111. The quantitative estimate of drug-likeness (QED) is 0.767. The average molecular weight is 235 g/mol. The highest BCUT2D eigenvalue weighted by Gasteiger charge is 2.09. The Bertz CT molecular complexity index is 347. The Balaban J connectivity index is 2.46. The first-order chi connectivity index (χ1) is 8.00. The Labute approximate surface area is 105 Å². The zero-order valence-corrected chi connectivity index (χ0v) is 11.5. The van der Waals surface area contributed by atoms with Crippen LogP contribution in [0.1, 0.15) is 43.0 Å². The summed E-state index contributed by atoms with van der Waals surface area (Å²) in [4.78, 5) is 0. The molecule has 0 heterocycles. The fraction of sp³-hybridized carbons (Fsp3) is 0.600. The fourth-order valence-electron chi connectivity index (χ4n) is 1.78. The van der Waals surface area contributed by atoms with Gasteiger partial charge in [0.25, 0.3) is 0 Å². The SMILES string of the molecule is Cc1ccc(C)c(C(N)COCCC(C)C)c1. The zero-order chi connectivity index (χ0) is 12.8. The number of nitrogens with two attached hydrogens (primary N) is 1. The molecule has 0 fully saturated rings. The van der Waals surface area contributed by atoms with Crippen LogP contribution in [-0.2, 0) is 4.74 Å². The molecule has 2 nitrogen and oxygen atoms in total. The lowest BCUT2D eigenvalue weighted by Crippen LogP contribution is -2.19. The normalized spacial score (nSPS) is 13.1. The van der Waals surface area contributed by atoms with Crippen LogP contribution in [0.2, 0.25) is 0 Å². The minimum Gasteiger partial charge on any atom is -0.379 e. The molecule has 0 spiro atoms. The van der Waals surface area contributed by atoms with Crippen LogP contribution in [-0.4, -0.2) is 13.2 Å². The van der Waals surface area contributed by atoms with Crippen LogP contribution in [0.15, 0.2) is 18.2 Å². The summed E-state index contributed by atoms with van der Waals surface area (Å²) in [7, 11) is 0. The van der Waals surface area contributed by atoms with Crippen LogP contribution >= 0.6 is 0 Å². The van der Waals surface area contributed by atoms with E-state index in [0.717, 1.165) is 13.0 Å². The average Bonchev–Trinajstić information content (AvgIpc) is 2.27. The van der Waals surface area contributed by atoms with Crippen molar-refractivity contribution in [3.63, 3.8) is 0 Å². The number of hydrogen-bond acceptors (Lipinski definition) is 2. The van der Waals surface area contributed by atoms with Crippen molar-refractivity contribution >= 4 is 0 Å². The molecule has 1 aromatic carbocycles. The van der Waals surface area contributed by atoms with Crippen molar-refractivity contribution < 1.29 is 4.74 Å². The third-order valence-corrected chi connectivity index (χ3v) is 2.97. The van der Waals surface area contributed by atoms with Gasteiger partial charge in [-0.3, -0.25) is 0 Å². The van der Waals surface area contributed by atoms with E-state index in [0.29, 0.717) is 12.5 Å². The molecule has 17 heavy (non-hydrogen) atoms. The van der Waals surface area contributed by atoms with Gasteiger partial charge < -0.3 is 10.5 Å². The Morgan fingerprint density at radius 1 is 1.24 bits per heavy atom. The number of benzene rings is 1. The van der Waals surface area contributed by atoms with E-state index in [-0.39, 0.29) is 6.04 Å². The third-order valence-electron chi connectivity index (χ3n) is 2.97. The van der Waals surface area contributed by atoms with E-state index in [9.17, 15) is 0 Å². The summed E-state index contributed by atoms with van der Waals surface area (Å²) in [5, 5.41) is 0.